The van der Waals surface area contributed by atoms with Crippen LogP contribution < -0.4 is 5.73 Å². The maximum Gasteiger partial charge on any atom is 0.256 e. The summed E-state index contributed by atoms with van der Waals surface area (Å²) in [5.41, 5.74) is 5.77. The number of nitrogens with zero attached hydrogens (tertiary/aromatic N) is 1. The number of hydrogen-bond donors (Lipinski definition) is 2. The largest absolute Gasteiger partial charge is 0.508 e. The molecule has 0 saturated heterocycles. The predicted octanol–water partition coefficient (Wildman–Crippen LogP) is 2.12. The Labute approximate surface area is 118 Å². The normalized spacial score (nSPS) is 22.6. The van der Waals surface area contributed by atoms with Gasteiger partial charge in [-0.25, -0.2) is 4.39 Å². The van der Waals surface area contributed by atoms with E-state index in [1.807, 2.05) is 0 Å². The van der Waals surface area contributed by atoms with Gasteiger partial charge < -0.3 is 15.7 Å². The lowest BCUT2D eigenvalue weighted by molar-refractivity contribution is 0.0615. The highest BCUT2D eigenvalue weighted by Gasteiger charge is 2.31. The van der Waals surface area contributed by atoms with Crippen molar-refractivity contribution in [2.45, 2.75) is 31.7 Å². The molecule has 3 N–H and O–H groups in total. The number of benzene rings is 1. The Hall–Kier alpha value is -1.62. The standard InChI is InChI=1S/C15H21FN2O2/c1-18(14-5-3-2-4-10(14)9-17)15(20)12-7-6-11(19)8-13(12)16/h6-8,10,14,19H,2-5,9,17H2,1H3. The fourth-order valence-electron chi connectivity index (χ4n) is 2.99. The lowest BCUT2D eigenvalue weighted by Crippen LogP contribution is -2.46. The highest BCUT2D eigenvalue weighted by molar-refractivity contribution is 5.94. The molecule has 20 heavy (non-hydrogen) atoms. The van der Waals surface area contributed by atoms with Gasteiger partial charge in [-0.15, -0.1) is 0 Å². The summed E-state index contributed by atoms with van der Waals surface area (Å²) in [6.07, 6.45) is 4.12. The van der Waals surface area contributed by atoms with Crippen LogP contribution in [0.1, 0.15) is 36.0 Å². The number of halogens is 1. The van der Waals surface area contributed by atoms with Gasteiger partial charge in [0.1, 0.15) is 11.6 Å². The molecular formula is C15H21FN2O2. The van der Waals surface area contributed by atoms with E-state index in [1.165, 1.54) is 12.1 Å². The van der Waals surface area contributed by atoms with Crippen LogP contribution in [0.25, 0.3) is 0 Å². The molecule has 5 heteroatoms. The van der Waals surface area contributed by atoms with Gasteiger partial charge in [0.25, 0.3) is 5.91 Å². The molecule has 0 radical (unpaired) electrons. The number of nitrogens with two attached hydrogens (primary N) is 1. The van der Waals surface area contributed by atoms with E-state index in [0.29, 0.717) is 6.54 Å². The molecule has 0 spiro atoms. The fraction of sp³-hybridized carbons (Fsp3) is 0.533. The number of aromatic hydroxyl groups is 1. The number of phenols is 1. The number of amides is 1. The molecule has 2 rings (SSSR count). The van der Waals surface area contributed by atoms with E-state index in [9.17, 15) is 14.3 Å². The molecule has 2 atom stereocenters. The Kier molecular flexibility index (Phi) is 4.60. The summed E-state index contributed by atoms with van der Waals surface area (Å²) in [5.74, 6) is -0.952. The molecule has 1 saturated carbocycles. The van der Waals surface area contributed by atoms with Crippen LogP contribution in [0.15, 0.2) is 18.2 Å². The predicted molar refractivity (Wildman–Crippen MR) is 75.0 cm³/mol. The van der Waals surface area contributed by atoms with Gasteiger partial charge >= 0.3 is 0 Å². The van der Waals surface area contributed by atoms with Gasteiger partial charge in [0, 0.05) is 19.2 Å². The summed E-state index contributed by atoms with van der Waals surface area (Å²) >= 11 is 0. The van der Waals surface area contributed by atoms with Crippen LogP contribution in [-0.4, -0.2) is 35.5 Å². The van der Waals surface area contributed by atoms with Crippen LogP contribution in [0.5, 0.6) is 5.75 Å². The van der Waals surface area contributed by atoms with Gasteiger partial charge in [0.15, 0.2) is 0 Å². The third-order valence-electron chi connectivity index (χ3n) is 4.17. The van der Waals surface area contributed by atoms with Gasteiger partial charge in [-0.2, -0.15) is 0 Å². The van der Waals surface area contributed by atoms with E-state index in [1.54, 1.807) is 11.9 Å². The topological polar surface area (TPSA) is 66.6 Å². The van der Waals surface area contributed by atoms with Crippen molar-refractivity contribution in [2.24, 2.45) is 11.7 Å². The van der Waals surface area contributed by atoms with Crippen molar-refractivity contribution in [2.75, 3.05) is 13.6 Å². The van der Waals surface area contributed by atoms with Crippen molar-refractivity contribution < 1.29 is 14.3 Å². The fourth-order valence-corrected chi connectivity index (χ4v) is 2.99. The van der Waals surface area contributed by atoms with Gasteiger partial charge in [-0.05, 0) is 37.4 Å². The monoisotopic (exact) mass is 280 g/mol. The van der Waals surface area contributed by atoms with Crippen LogP contribution in [0, 0.1) is 11.7 Å². The number of phenolic OH excluding ortho intramolecular Hbond substituents is 1. The maximum atomic E-state index is 13.8. The third-order valence-corrected chi connectivity index (χ3v) is 4.17. The van der Waals surface area contributed by atoms with E-state index in [4.69, 9.17) is 5.73 Å². The number of carbonyl (C=O) groups is 1. The molecule has 1 aromatic carbocycles. The molecule has 0 aromatic heterocycles. The first kappa shape index (κ1) is 14.8. The second-order valence-electron chi connectivity index (χ2n) is 5.43. The van der Waals surface area contributed by atoms with Crippen molar-refractivity contribution in [3.63, 3.8) is 0 Å². The Balaban J connectivity index is 2.18. The third kappa shape index (κ3) is 2.93. The lowest BCUT2D eigenvalue weighted by Gasteiger charge is -2.37. The van der Waals surface area contributed by atoms with Gasteiger partial charge in [-0.1, -0.05) is 12.8 Å². The number of carbonyl (C=O) groups excluding carboxylic acids is 1. The molecule has 4 nitrogen and oxygen atoms in total. The summed E-state index contributed by atoms with van der Waals surface area (Å²) < 4.78 is 13.8. The first-order chi connectivity index (χ1) is 9.54. The Bertz CT molecular complexity index is 493. The van der Waals surface area contributed by atoms with E-state index in [2.05, 4.69) is 0 Å². The van der Waals surface area contributed by atoms with E-state index >= 15 is 0 Å². The molecule has 0 aliphatic heterocycles. The molecule has 1 amide bonds. The van der Waals surface area contributed by atoms with Crippen LogP contribution in [-0.2, 0) is 0 Å². The average Bonchev–Trinajstić information content (AvgIpc) is 2.45. The highest BCUT2D eigenvalue weighted by Crippen LogP contribution is 2.28. The Morgan fingerprint density at radius 1 is 1.45 bits per heavy atom. The Morgan fingerprint density at radius 2 is 2.15 bits per heavy atom. The molecule has 1 aliphatic rings. The van der Waals surface area contributed by atoms with Crippen molar-refractivity contribution in [1.29, 1.82) is 0 Å². The van der Waals surface area contributed by atoms with Gasteiger partial charge in [-0.3, -0.25) is 4.79 Å². The molecular weight excluding hydrogens is 259 g/mol. The van der Waals surface area contributed by atoms with Crippen LogP contribution in [0.2, 0.25) is 0 Å². The number of hydrogen-bond acceptors (Lipinski definition) is 3. The average molecular weight is 280 g/mol. The second-order valence-corrected chi connectivity index (χ2v) is 5.43. The zero-order valence-electron chi connectivity index (χ0n) is 11.7. The highest BCUT2D eigenvalue weighted by atomic mass is 19.1. The SMILES string of the molecule is CN(C(=O)c1ccc(O)cc1F)C1CCCCC1CN. The first-order valence-corrected chi connectivity index (χ1v) is 7.00. The van der Waals surface area contributed by atoms with E-state index in [-0.39, 0.29) is 29.2 Å². The summed E-state index contributed by atoms with van der Waals surface area (Å²) in [6, 6.07) is 3.67. The summed E-state index contributed by atoms with van der Waals surface area (Å²) in [4.78, 5) is 14.0. The molecule has 110 valence electrons. The Morgan fingerprint density at radius 3 is 2.80 bits per heavy atom. The molecule has 0 heterocycles. The van der Waals surface area contributed by atoms with Gasteiger partial charge in [0.05, 0.1) is 5.56 Å². The zero-order valence-corrected chi connectivity index (χ0v) is 11.7. The minimum Gasteiger partial charge on any atom is -0.508 e. The van der Waals surface area contributed by atoms with Crippen LogP contribution in [0.4, 0.5) is 4.39 Å². The van der Waals surface area contributed by atoms with Crippen molar-refractivity contribution >= 4 is 5.91 Å². The van der Waals surface area contributed by atoms with Crippen LogP contribution in [0.3, 0.4) is 0 Å². The summed E-state index contributed by atoms with van der Waals surface area (Å²) in [7, 11) is 1.70. The van der Waals surface area contributed by atoms with Crippen molar-refractivity contribution in [1.82, 2.24) is 4.90 Å². The molecule has 1 aromatic rings. The van der Waals surface area contributed by atoms with Crippen LogP contribution >= 0.6 is 0 Å². The van der Waals surface area contributed by atoms with E-state index in [0.717, 1.165) is 31.7 Å². The van der Waals surface area contributed by atoms with Crippen molar-refractivity contribution in [3.05, 3.63) is 29.6 Å². The molecule has 0 bridgehead atoms. The minimum atomic E-state index is -0.693. The minimum absolute atomic E-state index is 0.00774. The summed E-state index contributed by atoms with van der Waals surface area (Å²) in [6.45, 7) is 0.542. The quantitative estimate of drug-likeness (QED) is 0.891. The zero-order chi connectivity index (χ0) is 14.7. The van der Waals surface area contributed by atoms with Gasteiger partial charge in [0.2, 0.25) is 0 Å². The van der Waals surface area contributed by atoms with Crippen molar-refractivity contribution in [3.8, 4) is 5.75 Å². The summed E-state index contributed by atoms with van der Waals surface area (Å²) in [5, 5.41) is 9.21. The second kappa shape index (κ2) is 6.22. The molecule has 1 aliphatic carbocycles. The lowest BCUT2D eigenvalue weighted by atomic mass is 9.83. The number of rotatable bonds is 3. The maximum absolute atomic E-state index is 13.8. The first-order valence-electron chi connectivity index (χ1n) is 7.00. The van der Waals surface area contributed by atoms with E-state index < -0.39 is 5.82 Å². The smallest absolute Gasteiger partial charge is 0.256 e. The molecule has 2 unspecified atom stereocenters. The molecule has 1 fully saturated rings.